The number of likely N-dealkylation sites (tertiary alicyclic amines) is 1. The Morgan fingerprint density at radius 1 is 1.04 bits per heavy atom. The van der Waals surface area contributed by atoms with Crippen molar-refractivity contribution in [3.05, 3.63) is 29.8 Å². The van der Waals surface area contributed by atoms with E-state index in [4.69, 9.17) is 0 Å². The molecule has 2 atom stereocenters. The number of aryl methyl sites for hydroxylation is 1. The molecule has 0 spiro atoms. The van der Waals surface area contributed by atoms with Gasteiger partial charge in [0, 0.05) is 19.1 Å². The lowest BCUT2D eigenvalue weighted by Crippen LogP contribution is -2.51. The van der Waals surface area contributed by atoms with Gasteiger partial charge in [0.2, 0.25) is 15.9 Å². The number of hydrogen-bond acceptors (Lipinski definition) is 3. The summed E-state index contributed by atoms with van der Waals surface area (Å²) in [4.78, 5) is 15.1. The Kier molecular flexibility index (Phi) is 4.97. The monoisotopic (exact) mass is 350 g/mol. The zero-order valence-corrected chi connectivity index (χ0v) is 15.3. The van der Waals surface area contributed by atoms with Crippen LogP contribution in [0.1, 0.15) is 44.6 Å². The van der Waals surface area contributed by atoms with Crippen molar-refractivity contribution in [2.24, 2.45) is 0 Å². The van der Waals surface area contributed by atoms with Gasteiger partial charge in [0.25, 0.3) is 0 Å². The lowest BCUT2D eigenvalue weighted by atomic mass is 10.0. The zero-order valence-electron chi connectivity index (χ0n) is 14.4. The summed E-state index contributed by atoms with van der Waals surface area (Å²) in [6.45, 7) is 5.16. The van der Waals surface area contributed by atoms with E-state index in [9.17, 15) is 13.2 Å². The molecule has 2 saturated heterocycles. The molecule has 0 saturated carbocycles. The summed E-state index contributed by atoms with van der Waals surface area (Å²) in [6.07, 6.45) is 4.51. The van der Waals surface area contributed by atoms with Gasteiger partial charge in [0.1, 0.15) is 6.04 Å². The predicted molar refractivity (Wildman–Crippen MR) is 93.1 cm³/mol. The molecule has 6 heteroatoms. The number of benzene rings is 1. The topological polar surface area (TPSA) is 57.7 Å². The molecular weight excluding hydrogens is 324 g/mol. The minimum atomic E-state index is -3.62. The van der Waals surface area contributed by atoms with Crippen molar-refractivity contribution in [1.82, 2.24) is 9.21 Å². The Hall–Kier alpha value is -1.40. The van der Waals surface area contributed by atoms with Crippen LogP contribution < -0.4 is 0 Å². The fourth-order valence-electron chi connectivity index (χ4n) is 3.74. The first-order valence-corrected chi connectivity index (χ1v) is 10.2. The highest BCUT2D eigenvalue weighted by Gasteiger charge is 2.42. The fourth-order valence-corrected chi connectivity index (χ4v) is 5.39. The normalized spacial score (nSPS) is 25.8. The van der Waals surface area contributed by atoms with Gasteiger partial charge in [-0.3, -0.25) is 4.79 Å². The molecule has 2 aliphatic rings. The van der Waals surface area contributed by atoms with Crippen LogP contribution in [0, 0.1) is 6.92 Å². The van der Waals surface area contributed by atoms with E-state index in [1.165, 1.54) is 4.31 Å². The largest absolute Gasteiger partial charge is 0.339 e. The van der Waals surface area contributed by atoms with Crippen LogP contribution in [0.2, 0.25) is 0 Å². The van der Waals surface area contributed by atoms with Crippen molar-refractivity contribution < 1.29 is 13.2 Å². The number of sulfonamides is 1. The fraction of sp³-hybridized carbons (Fsp3) is 0.611. The maximum Gasteiger partial charge on any atom is 0.243 e. The highest BCUT2D eigenvalue weighted by molar-refractivity contribution is 7.89. The molecule has 1 amide bonds. The van der Waals surface area contributed by atoms with Crippen LogP contribution in [0.4, 0.5) is 0 Å². The van der Waals surface area contributed by atoms with E-state index >= 15 is 0 Å². The van der Waals surface area contributed by atoms with Crippen molar-refractivity contribution >= 4 is 15.9 Å². The SMILES string of the molecule is Cc1ccc(S(=O)(=O)N2CCCC2C(=O)N2CCCCC2C)cc1. The van der Waals surface area contributed by atoms with Crippen molar-refractivity contribution in [1.29, 1.82) is 0 Å². The van der Waals surface area contributed by atoms with Gasteiger partial charge in [0.15, 0.2) is 0 Å². The standard InChI is InChI=1S/C18H26N2O3S/c1-14-8-10-16(11-9-14)24(22,23)20-13-5-7-17(20)18(21)19-12-4-3-6-15(19)2/h8-11,15,17H,3-7,12-13H2,1-2H3. The minimum Gasteiger partial charge on any atom is -0.339 e. The second-order valence-electron chi connectivity index (χ2n) is 6.96. The van der Waals surface area contributed by atoms with Gasteiger partial charge in [-0.2, -0.15) is 4.31 Å². The van der Waals surface area contributed by atoms with E-state index in [0.717, 1.165) is 37.8 Å². The number of hydrogen-bond donors (Lipinski definition) is 0. The molecule has 2 fully saturated rings. The van der Waals surface area contributed by atoms with E-state index in [1.54, 1.807) is 24.3 Å². The molecule has 3 rings (SSSR count). The molecule has 1 aromatic rings. The second-order valence-corrected chi connectivity index (χ2v) is 8.85. The first-order chi connectivity index (χ1) is 11.4. The molecule has 132 valence electrons. The summed E-state index contributed by atoms with van der Waals surface area (Å²) >= 11 is 0. The molecule has 2 unspecified atom stereocenters. The molecule has 0 radical (unpaired) electrons. The van der Waals surface area contributed by atoms with Crippen molar-refractivity contribution in [3.8, 4) is 0 Å². The summed E-state index contributed by atoms with van der Waals surface area (Å²) in [5.74, 6) is -0.0182. The van der Waals surface area contributed by atoms with Gasteiger partial charge < -0.3 is 4.90 Å². The van der Waals surface area contributed by atoms with Crippen molar-refractivity contribution in [2.75, 3.05) is 13.1 Å². The molecule has 0 aromatic heterocycles. The third-order valence-corrected chi connectivity index (χ3v) is 7.12. The van der Waals surface area contributed by atoms with Gasteiger partial charge in [-0.25, -0.2) is 8.42 Å². The summed E-state index contributed by atoms with van der Waals surface area (Å²) in [6, 6.07) is 6.52. The first-order valence-electron chi connectivity index (χ1n) is 8.80. The van der Waals surface area contributed by atoms with Crippen LogP contribution in [0.5, 0.6) is 0 Å². The number of nitrogens with zero attached hydrogens (tertiary/aromatic N) is 2. The van der Waals surface area contributed by atoms with E-state index < -0.39 is 16.1 Å². The summed E-state index contributed by atoms with van der Waals surface area (Å²) in [5, 5.41) is 0. The molecular formula is C18H26N2O3S. The lowest BCUT2D eigenvalue weighted by Gasteiger charge is -2.36. The van der Waals surface area contributed by atoms with Gasteiger partial charge in [0.05, 0.1) is 4.90 Å². The van der Waals surface area contributed by atoms with Gasteiger partial charge >= 0.3 is 0 Å². The molecule has 1 aromatic carbocycles. The lowest BCUT2D eigenvalue weighted by molar-refractivity contribution is -0.137. The summed E-state index contributed by atoms with van der Waals surface area (Å²) in [7, 11) is -3.62. The van der Waals surface area contributed by atoms with Crippen LogP contribution in [-0.4, -0.2) is 48.7 Å². The van der Waals surface area contributed by atoms with Crippen molar-refractivity contribution in [3.63, 3.8) is 0 Å². The summed E-state index contributed by atoms with van der Waals surface area (Å²) < 4.78 is 27.4. The number of carbonyl (C=O) groups excluding carboxylic acids is 1. The summed E-state index contributed by atoms with van der Waals surface area (Å²) in [5.41, 5.74) is 1.02. The molecule has 0 N–H and O–H groups in total. The maximum atomic E-state index is 13.0. The highest BCUT2D eigenvalue weighted by Crippen LogP contribution is 2.29. The van der Waals surface area contributed by atoms with E-state index in [1.807, 2.05) is 11.8 Å². The van der Waals surface area contributed by atoms with Crippen LogP contribution in [0.25, 0.3) is 0 Å². The van der Waals surface area contributed by atoms with Crippen LogP contribution in [0.3, 0.4) is 0 Å². The quantitative estimate of drug-likeness (QED) is 0.842. The number of rotatable bonds is 3. The Labute approximate surface area is 144 Å². The third-order valence-electron chi connectivity index (χ3n) is 5.20. The molecule has 2 heterocycles. The van der Waals surface area contributed by atoms with Crippen LogP contribution in [0.15, 0.2) is 29.2 Å². The Bertz CT molecular complexity index is 699. The first kappa shape index (κ1) is 17.4. The Morgan fingerprint density at radius 3 is 2.42 bits per heavy atom. The molecule has 24 heavy (non-hydrogen) atoms. The predicted octanol–water partition coefficient (Wildman–Crippen LogP) is 2.55. The second kappa shape index (κ2) is 6.84. The Balaban J connectivity index is 1.84. The number of piperidine rings is 1. The maximum absolute atomic E-state index is 13.0. The van der Waals surface area contributed by atoms with E-state index in [0.29, 0.717) is 13.0 Å². The smallest absolute Gasteiger partial charge is 0.243 e. The highest BCUT2D eigenvalue weighted by atomic mass is 32.2. The van der Waals surface area contributed by atoms with E-state index in [-0.39, 0.29) is 16.8 Å². The number of amides is 1. The number of carbonyl (C=O) groups is 1. The van der Waals surface area contributed by atoms with Gasteiger partial charge in [-0.05, 0) is 58.1 Å². The molecule has 2 aliphatic heterocycles. The molecule has 5 nitrogen and oxygen atoms in total. The molecule has 0 aliphatic carbocycles. The van der Waals surface area contributed by atoms with E-state index in [2.05, 4.69) is 6.92 Å². The average molecular weight is 350 g/mol. The van der Waals surface area contributed by atoms with Crippen LogP contribution in [-0.2, 0) is 14.8 Å². The van der Waals surface area contributed by atoms with Gasteiger partial charge in [-0.15, -0.1) is 0 Å². The third kappa shape index (κ3) is 3.22. The minimum absolute atomic E-state index is 0.0182. The molecule has 0 bridgehead atoms. The van der Waals surface area contributed by atoms with Crippen molar-refractivity contribution in [2.45, 2.75) is 62.9 Å². The van der Waals surface area contributed by atoms with Gasteiger partial charge in [-0.1, -0.05) is 17.7 Å². The average Bonchev–Trinajstić information content (AvgIpc) is 3.05. The van der Waals surface area contributed by atoms with Crippen LogP contribution >= 0.6 is 0 Å². The Morgan fingerprint density at radius 2 is 1.75 bits per heavy atom. The zero-order chi connectivity index (χ0) is 17.3.